The maximum Gasteiger partial charge on any atom is 0.161 e. The minimum atomic E-state index is 0.118. The first-order chi connectivity index (χ1) is 19.5. The quantitative estimate of drug-likeness (QED) is 0.177. The third kappa shape index (κ3) is 6.98. The van der Waals surface area contributed by atoms with E-state index in [2.05, 4.69) is 58.9 Å². The van der Waals surface area contributed by atoms with Gasteiger partial charge in [-0.25, -0.2) is 4.98 Å². The van der Waals surface area contributed by atoms with Crippen LogP contribution in [0.3, 0.4) is 0 Å². The number of aromatic nitrogens is 2. The largest absolute Gasteiger partial charge is 0.491 e. The van der Waals surface area contributed by atoms with Crippen molar-refractivity contribution < 1.29 is 14.2 Å². The summed E-state index contributed by atoms with van der Waals surface area (Å²) in [5, 5.41) is 0.555. The van der Waals surface area contributed by atoms with Crippen LogP contribution in [0, 0.1) is 0 Å². The van der Waals surface area contributed by atoms with E-state index in [0.29, 0.717) is 31.5 Å². The molecule has 5 rings (SSSR count). The summed E-state index contributed by atoms with van der Waals surface area (Å²) in [5.41, 5.74) is 4.43. The molecule has 0 amide bonds. The molecule has 1 aromatic heterocycles. The molecule has 0 unspecified atom stereocenters. The summed E-state index contributed by atoms with van der Waals surface area (Å²) in [6.45, 7) is 10.4. The Labute approximate surface area is 242 Å². The van der Waals surface area contributed by atoms with E-state index in [9.17, 15) is 0 Å². The van der Waals surface area contributed by atoms with E-state index in [-0.39, 0.29) is 6.10 Å². The van der Waals surface area contributed by atoms with E-state index in [0.717, 1.165) is 65.8 Å². The number of benzene rings is 3. The molecule has 0 N–H and O–H groups in total. The van der Waals surface area contributed by atoms with Crippen molar-refractivity contribution in [3.8, 4) is 28.6 Å². The molecule has 1 aliphatic heterocycles. The lowest BCUT2D eigenvalue weighted by atomic mass is 10.1. The van der Waals surface area contributed by atoms with Gasteiger partial charge in [0.25, 0.3) is 0 Å². The molecular formula is C33H38ClN3O3. The zero-order valence-electron chi connectivity index (χ0n) is 23.6. The summed E-state index contributed by atoms with van der Waals surface area (Å²) >= 11 is 6.89. The van der Waals surface area contributed by atoms with Crippen LogP contribution in [0.5, 0.6) is 17.2 Å². The van der Waals surface area contributed by atoms with Crippen LogP contribution in [0.15, 0.2) is 72.8 Å². The second-order valence-electron chi connectivity index (χ2n) is 10.5. The number of unbranched alkanes of at least 4 members (excludes halogenated alkanes) is 1. The Bertz CT molecular complexity index is 1400. The second-order valence-corrected chi connectivity index (χ2v) is 10.8. The third-order valence-electron chi connectivity index (χ3n) is 6.85. The van der Waals surface area contributed by atoms with Gasteiger partial charge in [-0.1, -0.05) is 73.5 Å². The summed E-state index contributed by atoms with van der Waals surface area (Å²) in [6.07, 6.45) is 2.26. The van der Waals surface area contributed by atoms with Crippen LogP contribution in [0.25, 0.3) is 11.4 Å². The normalized spacial score (nSPS) is 12.8. The van der Waals surface area contributed by atoms with Crippen molar-refractivity contribution in [1.29, 1.82) is 0 Å². The van der Waals surface area contributed by atoms with Crippen LogP contribution in [0.4, 0.5) is 0 Å². The van der Waals surface area contributed by atoms with E-state index in [1.54, 1.807) is 0 Å². The average Bonchev–Trinajstić information content (AvgIpc) is 3.26. The average molecular weight is 560 g/mol. The van der Waals surface area contributed by atoms with Crippen LogP contribution >= 0.6 is 11.6 Å². The molecule has 0 fully saturated rings. The molecule has 0 saturated carbocycles. The highest BCUT2D eigenvalue weighted by molar-refractivity contribution is 6.30. The molecule has 0 saturated heterocycles. The van der Waals surface area contributed by atoms with Crippen LogP contribution in [-0.2, 0) is 26.2 Å². The first kappa shape index (κ1) is 28.1. The molecule has 7 heteroatoms. The number of fused-ring (bicyclic) bond motifs is 1. The first-order valence-corrected chi connectivity index (χ1v) is 14.5. The van der Waals surface area contributed by atoms with E-state index >= 15 is 0 Å². The van der Waals surface area contributed by atoms with E-state index in [1.165, 1.54) is 5.56 Å². The fraction of sp³-hybridized carbons (Fsp3) is 0.364. The number of halogens is 1. The van der Waals surface area contributed by atoms with Gasteiger partial charge in [-0.3, -0.25) is 4.90 Å². The highest BCUT2D eigenvalue weighted by atomic mass is 35.5. The lowest BCUT2D eigenvalue weighted by Gasteiger charge is -2.25. The van der Waals surface area contributed by atoms with Gasteiger partial charge in [0, 0.05) is 31.7 Å². The fourth-order valence-corrected chi connectivity index (χ4v) is 5.29. The molecule has 6 nitrogen and oxygen atoms in total. The van der Waals surface area contributed by atoms with Crippen molar-refractivity contribution in [2.45, 2.75) is 65.9 Å². The first-order valence-electron chi connectivity index (χ1n) is 14.2. The lowest BCUT2D eigenvalue weighted by Crippen LogP contribution is -2.25. The Balaban J connectivity index is 1.48. The highest BCUT2D eigenvalue weighted by Crippen LogP contribution is 2.33. The van der Waals surface area contributed by atoms with Gasteiger partial charge in [0.2, 0.25) is 0 Å². The summed E-state index contributed by atoms with van der Waals surface area (Å²) < 4.78 is 19.9. The standard InChI is InChI=1S/C33H38ClN3O3/c1-4-5-16-37-29(32(34)35-33(37)27-11-7-6-8-12-27)23-36(21-25-10-9-13-28(19-25)40-24(2)3)22-26-14-15-30-31(20-26)39-18-17-38-30/h6-15,19-20,24H,4-5,16-18,21-23H2,1-3H3. The molecule has 0 aliphatic carbocycles. The second kappa shape index (κ2) is 13.2. The summed E-state index contributed by atoms with van der Waals surface area (Å²) in [5.74, 6) is 3.39. The Kier molecular flexibility index (Phi) is 9.30. The zero-order chi connectivity index (χ0) is 27.9. The van der Waals surface area contributed by atoms with Crippen molar-refractivity contribution in [1.82, 2.24) is 14.5 Å². The van der Waals surface area contributed by atoms with Gasteiger partial charge in [-0.15, -0.1) is 0 Å². The van der Waals surface area contributed by atoms with E-state index < -0.39 is 0 Å². The lowest BCUT2D eigenvalue weighted by molar-refractivity contribution is 0.170. The molecule has 1 aliphatic rings. The van der Waals surface area contributed by atoms with Gasteiger partial charge in [-0.2, -0.15) is 0 Å². The molecule has 2 heterocycles. The monoisotopic (exact) mass is 559 g/mol. The van der Waals surface area contributed by atoms with Crippen molar-refractivity contribution in [3.05, 3.63) is 94.8 Å². The van der Waals surface area contributed by atoms with Gasteiger partial charge in [0.05, 0.1) is 11.8 Å². The predicted octanol–water partition coefficient (Wildman–Crippen LogP) is 7.76. The van der Waals surface area contributed by atoms with Gasteiger partial charge >= 0.3 is 0 Å². The molecular weight excluding hydrogens is 522 g/mol. The van der Waals surface area contributed by atoms with Gasteiger partial charge < -0.3 is 18.8 Å². The van der Waals surface area contributed by atoms with Gasteiger partial charge in [0.15, 0.2) is 16.7 Å². The van der Waals surface area contributed by atoms with Crippen molar-refractivity contribution in [3.63, 3.8) is 0 Å². The number of ether oxygens (including phenoxy) is 3. The molecule has 0 bridgehead atoms. The number of hydrogen-bond donors (Lipinski definition) is 0. The number of nitrogens with zero attached hydrogens (tertiary/aromatic N) is 3. The van der Waals surface area contributed by atoms with Crippen LogP contribution < -0.4 is 14.2 Å². The fourth-order valence-electron chi connectivity index (χ4n) is 5.04. The van der Waals surface area contributed by atoms with Crippen LogP contribution in [-0.4, -0.2) is 33.8 Å². The van der Waals surface area contributed by atoms with Crippen molar-refractivity contribution in [2.24, 2.45) is 0 Å². The van der Waals surface area contributed by atoms with Crippen molar-refractivity contribution in [2.75, 3.05) is 13.2 Å². The van der Waals surface area contributed by atoms with Crippen molar-refractivity contribution >= 4 is 11.6 Å². The molecule has 210 valence electrons. The summed E-state index contributed by atoms with van der Waals surface area (Å²) in [6, 6.07) is 24.9. The molecule has 3 aromatic carbocycles. The Hall–Kier alpha value is -3.48. The number of rotatable bonds is 12. The topological polar surface area (TPSA) is 48.8 Å². The van der Waals surface area contributed by atoms with Gasteiger partial charge in [-0.05, 0) is 55.7 Å². The smallest absolute Gasteiger partial charge is 0.161 e. The molecule has 40 heavy (non-hydrogen) atoms. The molecule has 4 aromatic rings. The zero-order valence-corrected chi connectivity index (χ0v) is 24.4. The number of hydrogen-bond acceptors (Lipinski definition) is 5. The Morgan fingerprint density at radius 3 is 2.40 bits per heavy atom. The highest BCUT2D eigenvalue weighted by Gasteiger charge is 2.21. The van der Waals surface area contributed by atoms with Gasteiger partial charge in [0.1, 0.15) is 24.8 Å². The minimum absolute atomic E-state index is 0.118. The molecule has 0 atom stereocenters. The SMILES string of the molecule is CCCCn1c(-c2ccccc2)nc(Cl)c1CN(Cc1cccc(OC(C)C)c1)Cc1ccc2c(c1)OCCO2. The van der Waals surface area contributed by atoms with E-state index in [4.69, 9.17) is 30.8 Å². The maximum atomic E-state index is 6.89. The van der Waals surface area contributed by atoms with E-state index in [1.807, 2.05) is 44.2 Å². The maximum absolute atomic E-state index is 6.89. The van der Waals surface area contributed by atoms with Crippen LogP contribution in [0.1, 0.15) is 50.4 Å². The minimum Gasteiger partial charge on any atom is -0.491 e. The van der Waals surface area contributed by atoms with Crippen LogP contribution in [0.2, 0.25) is 5.15 Å². The third-order valence-corrected chi connectivity index (χ3v) is 7.16. The molecule has 0 radical (unpaired) electrons. The summed E-state index contributed by atoms with van der Waals surface area (Å²) in [7, 11) is 0. The Morgan fingerprint density at radius 1 is 0.900 bits per heavy atom. The Morgan fingerprint density at radius 2 is 1.65 bits per heavy atom. The number of imidazole rings is 1. The summed E-state index contributed by atoms with van der Waals surface area (Å²) in [4.78, 5) is 7.25. The predicted molar refractivity (Wildman–Crippen MR) is 160 cm³/mol. The molecule has 0 spiro atoms.